The number of hydrogen-bond acceptors (Lipinski definition) is 13. The maximum atomic E-state index is 11.4. The lowest BCUT2D eigenvalue weighted by Crippen LogP contribution is -2.38. The quantitative estimate of drug-likeness (QED) is 0.170. The van der Waals surface area contributed by atoms with Gasteiger partial charge in [0, 0.05) is 70.9 Å². The van der Waals surface area contributed by atoms with E-state index in [1.54, 1.807) is 41.2 Å². The van der Waals surface area contributed by atoms with Gasteiger partial charge in [-0.1, -0.05) is 42.3 Å². The maximum absolute atomic E-state index is 11.4. The van der Waals surface area contributed by atoms with Gasteiger partial charge in [-0.25, -0.2) is 9.97 Å². The van der Waals surface area contributed by atoms with Gasteiger partial charge in [0.2, 0.25) is 0 Å². The van der Waals surface area contributed by atoms with Crippen LogP contribution in [0, 0.1) is 20.2 Å². The minimum Gasteiger partial charge on any atom is -0.374 e. The highest BCUT2D eigenvalue weighted by molar-refractivity contribution is 7.99. The van der Waals surface area contributed by atoms with Crippen LogP contribution >= 0.6 is 47.6 Å². The number of rotatable bonds is 7. The Morgan fingerprint density at radius 1 is 0.870 bits per heavy atom. The maximum Gasteiger partial charge on any atom is 0.286 e. The highest BCUT2D eigenvalue weighted by Crippen LogP contribution is 2.38. The van der Waals surface area contributed by atoms with Crippen LogP contribution in [0.15, 0.2) is 59.7 Å². The summed E-state index contributed by atoms with van der Waals surface area (Å²) in [5.74, 6) is 2.26. The molecule has 2 atom stereocenters. The molecule has 0 saturated carbocycles. The van der Waals surface area contributed by atoms with Crippen molar-refractivity contribution in [3.63, 3.8) is 0 Å². The highest BCUT2D eigenvalue weighted by atomic mass is 35.5. The van der Waals surface area contributed by atoms with E-state index in [4.69, 9.17) is 23.2 Å². The Morgan fingerprint density at radius 3 is 1.76 bits per heavy atom. The number of pyridine rings is 2. The number of aromatic nitrogens is 2. The Kier molecular flexibility index (Phi) is 13.0. The van der Waals surface area contributed by atoms with Crippen LogP contribution in [-0.4, -0.2) is 94.3 Å². The second kappa shape index (κ2) is 16.7. The first kappa shape index (κ1) is 35.9. The van der Waals surface area contributed by atoms with Crippen LogP contribution < -0.4 is 0 Å². The first-order chi connectivity index (χ1) is 22.1. The Balaban J connectivity index is 0.000000193. The van der Waals surface area contributed by atoms with Gasteiger partial charge in [0.25, 0.3) is 11.4 Å². The zero-order valence-electron chi connectivity index (χ0n) is 25.7. The third-order valence-corrected chi connectivity index (χ3v) is 9.37. The number of thiol groups is 1. The highest BCUT2D eigenvalue weighted by Gasteiger charge is 2.42. The summed E-state index contributed by atoms with van der Waals surface area (Å²) < 4.78 is 0. The molecule has 0 aromatic carbocycles. The molecule has 0 radical (unpaired) electrons. The van der Waals surface area contributed by atoms with Crippen LogP contribution in [0.3, 0.4) is 0 Å². The molecular weight excluding hydrogens is 675 g/mol. The molecule has 13 nitrogen and oxygen atoms in total. The molecule has 0 amide bonds. The van der Waals surface area contributed by atoms with E-state index in [2.05, 4.69) is 38.7 Å². The minimum atomic E-state index is -0.642. The predicted octanol–water partition coefficient (Wildman–Crippen LogP) is 5.13. The van der Waals surface area contributed by atoms with E-state index in [0.29, 0.717) is 66.2 Å². The topological polar surface area (TPSA) is 145 Å². The molecule has 2 fully saturated rings. The Bertz CT molecular complexity index is 1430. The number of fused-ring (bicyclic) bond motifs is 2. The monoisotopic (exact) mass is 712 g/mol. The van der Waals surface area contributed by atoms with Gasteiger partial charge in [-0.3, -0.25) is 20.2 Å². The van der Waals surface area contributed by atoms with Crippen LogP contribution in [0.2, 0.25) is 10.3 Å². The Morgan fingerprint density at radius 2 is 1.33 bits per heavy atom. The number of nitrogens with zero attached hydrogens (tertiary/aromatic N) is 8. The molecule has 1 N–H and O–H groups in total. The van der Waals surface area contributed by atoms with Gasteiger partial charge in [0.15, 0.2) is 11.6 Å². The number of thioether (sulfide) groups is 1. The van der Waals surface area contributed by atoms with E-state index in [0.717, 1.165) is 42.2 Å². The van der Waals surface area contributed by atoms with E-state index < -0.39 is 6.23 Å². The van der Waals surface area contributed by atoms with Gasteiger partial charge in [-0.05, 0) is 41.7 Å². The Hall–Kier alpha value is -2.98. The van der Waals surface area contributed by atoms with Crippen LogP contribution in [0.1, 0.15) is 43.7 Å². The third kappa shape index (κ3) is 8.68. The van der Waals surface area contributed by atoms with Gasteiger partial charge < -0.3 is 24.7 Å². The molecule has 0 aliphatic carbocycles. The van der Waals surface area contributed by atoms with E-state index in [1.807, 2.05) is 24.0 Å². The molecule has 2 unspecified atom stereocenters. The summed E-state index contributed by atoms with van der Waals surface area (Å²) in [5.41, 5.74) is 2.45. The minimum absolute atomic E-state index is 0.180. The number of nitro groups is 2. The SMILES string of the molecule is CCS.CSC1CCC([N+](=O)[O-])=C2N(Cc3ccc(Cl)nc3)CCN21.O=[N+]([O-])C1=C2N(Cc3ccc(Cl)nc3)CCN2C(O)CC1. The lowest BCUT2D eigenvalue weighted by Gasteiger charge is -2.33. The van der Waals surface area contributed by atoms with Gasteiger partial charge >= 0.3 is 0 Å². The van der Waals surface area contributed by atoms with Crippen molar-refractivity contribution in [3.8, 4) is 0 Å². The molecule has 2 aromatic rings. The molecule has 4 aliphatic heterocycles. The number of aliphatic hydroxyl groups excluding tert-OH is 1. The summed E-state index contributed by atoms with van der Waals surface area (Å²) in [4.78, 5) is 38.1. The summed E-state index contributed by atoms with van der Waals surface area (Å²) in [5, 5.41) is 33.8. The molecule has 0 bridgehead atoms. The predicted molar refractivity (Wildman–Crippen MR) is 182 cm³/mol. The molecule has 17 heteroatoms. The summed E-state index contributed by atoms with van der Waals surface area (Å²) >= 11 is 17.1. The lowest BCUT2D eigenvalue weighted by molar-refractivity contribution is -0.433. The molecule has 46 heavy (non-hydrogen) atoms. The van der Waals surface area contributed by atoms with Crippen LogP contribution in [0.4, 0.5) is 0 Å². The van der Waals surface area contributed by atoms with E-state index in [-0.39, 0.29) is 22.0 Å². The van der Waals surface area contributed by atoms with E-state index >= 15 is 0 Å². The number of halogens is 2. The molecular formula is C29H38Cl2N8O5S2. The van der Waals surface area contributed by atoms with Gasteiger partial charge in [0.05, 0.1) is 15.2 Å². The molecule has 0 spiro atoms. The normalized spacial score (nSPS) is 20.5. The zero-order chi connectivity index (χ0) is 33.4. The van der Waals surface area contributed by atoms with Gasteiger partial charge in [-0.2, -0.15) is 12.6 Å². The first-order valence-electron chi connectivity index (χ1n) is 14.9. The van der Waals surface area contributed by atoms with Crippen molar-refractivity contribution in [3.05, 3.63) is 101 Å². The standard InChI is InChI=1S/C14H17ClN4O2S.C13H15ClN4O3.C2H6S/c1-22-13-5-3-11(19(20)21)14-17(6-7-18(13)14)9-10-2-4-12(15)16-8-10;14-11-3-1-9(7-15-11)8-16-5-6-17-12(19)4-2-10(13(16)17)18(20)21;1-2-3/h2,4,8,13H,3,5-7,9H2,1H3;1,3,7,12,19H,2,4-6,8H2;3H,2H2,1H3. The molecule has 4 aliphatic rings. The molecule has 6 heterocycles. The zero-order valence-corrected chi connectivity index (χ0v) is 28.9. The first-order valence-corrected chi connectivity index (χ1v) is 17.6. The van der Waals surface area contributed by atoms with Crippen molar-refractivity contribution >= 4 is 47.6 Å². The molecule has 6 rings (SSSR count). The van der Waals surface area contributed by atoms with Crippen molar-refractivity contribution < 1.29 is 15.0 Å². The second-order valence-corrected chi connectivity index (χ2v) is 13.3. The second-order valence-electron chi connectivity index (χ2n) is 10.8. The lowest BCUT2D eigenvalue weighted by atomic mass is 10.1. The number of hydrogen-bond donors (Lipinski definition) is 2. The third-order valence-electron chi connectivity index (χ3n) is 7.89. The molecule has 2 saturated heterocycles. The van der Waals surface area contributed by atoms with Gasteiger partial charge in [0.1, 0.15) is 16.5 Å². The van der Waals surface area contributed by atoms with Crippen molar-refractivity contribution in [1.82, 2.24) is 29.6 Å². The fourth-order valence-corrected chi connectivity index (χ4v) is 6.95. The van der Waals surface area contributed by atoms with Crippen LogP contribution in [-0.2, 0) is 13.1 Å². The number of allylic oxidation sites excluding steroid dienone is 2. The summed E-state index contributed by atoms with van der Waals surface area (Å²) in [7, 11) is 0. The van der Waals surface area contributed by atoms with Gasteiger partial charge in [-0.15, -0.1) is 11.8 Å². The van der Waals surface area contributed by atoms with Crippen LogP contribution in [0.25, 0.3) is 0 Å². The average Bonchev–Trinajstić information content (AvgIpc) is 3.65. The smallest absolute Gasteiger partial charge is 0.286 e. The Labute approximate surface area is 287 Å². The van der Waals surface area contributed by atoms with Crippen LogP contribution in [0.5, 0.6) is 0 Å². The molecule has 250 valence electrons. The van der Waals surface area contributed by atoms with Crippen molar-refractivity contribution in [2.45, 2.75) is 57.3 Å². The number of aliphatic hydroxyl groups is 1. The van der Waals surface area contributed by atoms with E-state index in [9.17, 15) is 25.3 Å². The largest absolute Gasteiger partial charge is 0.374 e. The summed E-state index contributed by atoms with van der Waals surface area (Å²) in [6, 6.07) is 7.21. The fraction of sp³-hybridized carbons (Fsp3) is 0.517. The summed E-state index contributed by atoms with van der Waals surface area (Å²) in [6.45, 7) is 5.99. The van der Waals surface area contributed by atoms with Crippen molar-refractivity contribution in [1.29, 1.82) is 0 Å². The molecule has 2 aromatic heterocycles. The van der Waals surface area contributed by atoms with Crippen molar-refractivity contribution in [2.75, 3.05) is 38.2 Å². The summed E-state index contributed by atoms with van der Waals surface area (Å²) in [6.07, 6.45) is 6.86. The fourth-order valence-electron chi connectivity index (χ4n) is 5.91. The average molecular weight is 714 g/mol. The van der Waals surface area contributed by atoms with Crippen molar-refractivity contribution in [2.24, 2.45) is 0 Å². The van der Waals surface area contributed by atoms with E-state index in [1.165, 1.54) is 0 Å².